The van der Waals surface area contributed by atoms with Gasteiger partial charge in [0.15, 0.2) is 0 Å². The molecule has 30 heavy (non-hydrogen) atoms. The van der Waals surface area contributed by atoms with E-state index in [2.05, 4.69) is 54.3 Å². The molecule has 2 nitrogen and oxygen atoms in total. The monoisotopic (exact) mass is 420 g/mol. The molecule has 1 saturated heterocycles. The van der Waals surface area contributed by atoms with Crippen LogP contribution in [0.2, 0.25) is 0 Å². The molecule has 1 heterocycles. The molecular weight excluding hydrogens is 391 g/mol. The molecule has 0 unspecified atom stereocenters. The Morgan fingerprint density at radius 2 is 1.73 bits per heavy atom. The Kier molecular flexibility index (Phi) is 6.63. The van der Waals surface area contributed by atoms with Gasteiger partial charge in [-0.25, -0.2) is 4.39 Å². The standard InChI is InChI=1S/C26H29FN2S/c1-2-19-7-12-24(25(27)17-19)20-13-15-29(16-14-20)26-6-4-3-5-21(26)18-30-23-10-8-22(28)9-11-23/h3-12,17,20H,2,13-16,18,28H2,1H3. The molecule has 1 fully saturated rings. The maximum Gasteiger partial charge on any atom is 0.126 e. The molecule has 1 aliphatic rings. The summed E-state index contributed by atoms with van der Waals surface area (Å²) in [4.78, 5) is 3.69. The van der Waals surface area contributed by atoms with E-state index in [1.807, 2.05) is 30.0 Å². The van der Waals surface area contributed by atoms with Crippen molar-refractivity contribution in [3.63, 3.8) is 0 Å². The molecule has 0 radical (unpaired) electrons. The van der Waals surface area contributed by atoms with E-state index in [9.17, 15) is 4.39 Å². The van der Waals surface area contributed by atoms with E-state index in [1.54, 1.807) is 6.07 Å². The minimum absolute atomic E-state index is 0.0342. The number of nitrogens with zero attached hydrogens (tertiary/aromatic N) is 1. The SMILES string of the molecule is CCc1ccc(C2CCN(c3ccccc3CSc3ccc(N)cc3)CC2)c(F)c1. The van der Waals surface area contributed by atoms with Crippen LogP contribution < -0.4 is 10.6 Å². The molecule has 2 N–H and O–H groups in total. The van der Waals surface area contributed by atoms with Gasteiger partial charge in [-0.05, 0) is 78.3 Å². The highest BCUT2D eigenvalue weighted by Crippen LogP contribution is 2.35. The van der Waals surface area contributed by atoms with E-state index in [-0.39, 0.29) is 5.82 Å². The third-order valence-electron chi connectivity index (χ3n) is 6.01. The fraction of sp³-hybridized carbons (Fsp3) is 0.308. The van der Waals surface area contributed by atoms with E-state index < -0.39 is 0 Å². The normalized spacial score (nSPS) is 14.8. The summed E-state index contributed by atoms with van der Waals surface area (Å²) in [5, 5.41) is 0. The number of nitrogen functional groups attached to an aromatic ring is 1. The zero-order valence-corrected chi connectivity index (χ0v) is 18.3. The lowest BCUT2D eigenvalue weighted by atomic mass is 9.88. The molecular formula is C26H29FN2S. The summed E-state index contributed by atoms with van der Waals surface area (Å²) in [5.41, 5.74) is 11.2. The lowest BCUT2D eigenvalue weighted by Crippen LogP contribution is -2.33. The Labute approximate surface area is 183 Å². The summed E-state index contributed by atoms with van der Waals surface area (Å²) in [5.74, 6) is 1.20. The van der Waals surface area contributed by atoms with Crippen LogP contribution in [0.4, 0.5) is 15.8 Å². The molecule has 4 heteroatoms. The van der Waals surface area contributed by atoms with Crippen molar-refractivity contribution in [2.75, 3.05) is 23.7 Å². The minimum Gasteiger partial charge on any atom is -0.399 e. The number of benzene rings is 3. The molecule has 3 aromatic carbocycles. The first-order valence-corrected chi connectivity index (χ1v) is 11.7. The van der Waals surface area contributed by atoms with E-state index in [1.165, 1.54) is 16.1 Å². The largest absolute Gasteiger partial charge is 0.399 e. The van der Waals surface area contributed by atoms with Gasteiger partial charge >= 0.3 is 0 Å². The summed E-state index contributed by atoms with van der Waals surface area (Å²) >= 11 is 1.83. The molecule has 0 bridgehead atoms. The second-order valence-electron chi connectivity index (χ2n) is 7.96. The first-order valence-electron chi connectivity index (χ1n) is 10.7. The van der Waals surface area contributed by atoms with Crippen molar-refractivity contribution < 1.29 is 4.39 Å². The van der Waals surface area contributed by atoms with Crippen LogP contribution in [0.25, 0.3) is 0 Å². The number of para-hydroxylation sites is 1. The first kappa shape index (κ1) is 20.8. The Morgan fingerprint density at radius 3 is 2.43 bits per heavy atom. The lowest BCUT2D eigenvalue weighted by molar-refractivity contribution is 0.481. The van der Waals surface area contributed by atoms with Gasteiger partial charge in [0.05, 0.1) is 0 Å². The van der Waals surface area contributed by atoms with Crippen LogP contribution in [0.1, 0.15) is 42.4 Å². The van der Waals surface area contributed by atoms with Crippen LogP contribution in [0.3, 0.4) is 0 Å². The average molecular weight is 421 g/mol. The van der Waals surface area contributed by atoms with Gasteiger partial charge in [0.1, 0.15) is 5.82 Å². The predicted octanol–water partition coefficient (Wildman–Crippen LogP) is 6.65. The molecule has 156 valence electrons. The Bertz CT molecular complexity index is 979. The number of anilines is 2. The lowest BCUT2D eigenvalue weighted by Gasteiger charge is -2.35. The maximum atomic E-state index is 14.6. The highest BCUT2D eigenvalue weighted by atomic mass is 32.2. The van der Waals surface area contributed by atoms with Crippen LogP contribution in [0.15, 0.2) is 71.6 Å². The average Bonchev–Trinajstić information content (AvgIpc) is 2.79. The highest BCUT2D eigenvalue weighted by molar-refractivity contribution is 7.98. The van der Waals surface area contributed by atoms with Crippen LogP contribution in [-0.4, -0.2) is 13.1 Å². The van der Waals surface area contributed by atoms with Gasteiger partial charge in [-0.2, -0.15) is 0 Å². The quantitative estimate of drug-likeness (QED) is 0.358. The summed E-state index contributed by atoms with van der Waals surface area (Å²) in [6.07, 6.45) is 2.85. The van der Waals surface area contributed by atoms with Gasteiger partial charge in [0.2, 0.25) is 0 Å². The number of piperidine rings is 1. The Morgan fingerprint density at radius 1 is 1.00 bits per heavy atom. The number of hydrogen-bond acceptors (Lipinski definition) is 3. The third-order valence-corrected chi connectivity index (χ3v) is 7.08. The van der Waals surface area contributed by atoms with Crippen LogP contribution >= 0.6 is 11.8 Å². The predicted molar refractivity (Wildman–Crippen MR) is 127 cm³/mol. The molecule has 0 aliphatic carbocycles. The van der Waals surface area contributed by atoms with Crippen molar-refractivity contribution in [1.82, 2.24) is 0 Å². The molecule has 0 saturated carbocycles. The Balaban J connectivity index is 1.42. The van der Waals surface area contributed by atoms with Crippen LogP contribution in [-0.2, 0) is 12.2 Å². The van der Waals surface area contributed by atoms with Gasteiger partial charge < -0.3 is 10.6 Å². The number of hydrogen-bond donors (Lipinski definition) is 1. The van der Waals surface area contributed by atoms with Crippen molar-refractivity contribution in [3.8, 4) is 0 Å². The topological polar surface area (TPSA) is 29.3 Å². The van der Waals surface area contributed by atoms with Crippen LogP contribution in [0, 0.1) is 5.82 Å². The fourth-order valence-corrected chi connectivity index (χ4v) is 5.11. The second kappa shape index (κ2) is 9.57. The van der Waals surface area contributed by atoms with Gasteiger partial charge in [0.25, 0.3) is 0 Å². The molecule has 0 amide bonds. The van der Waals surface area contributed by atoms with Crippen molar-refractivity contribution in [1.29, 1.82) is 0 Å². The second-order valence-corrected chi connectivity index (χ2v) is 9.01. The van der Waals surface area contributed by atoms with Gasteiger partial charge in [-0.3, -0.25) is 0 Å². The molecule has 0 aromatic heterocycles. The molecule has 0 spiro atoms. The number of rotatable bonds is 6. The zero-order valence-electron chi connectivity index (χ0n) is 17.5. The highest BCUT2D eigenvalue weighted by Gasteiger charge is 2.24. The van der Waals surface area contributed by atoms with Crippen LogP contribution in [0.5, 0.6) is 0 Å². The number of nitrogens with two attached hydrogens (primary N) is 1. The minimum atomic E-state index is -0.0342. The van der Waals surface area contributed by atoms with E-state index in [4.69, 9.17) is 5.73 Å². The van der Waals surface area contributed by atoms with Gasteiger partial charge in [-0.1, -0.05) is 37.3 Å². The molecule has 3 aromatic rings. The van der Waals surface area contributed by atoms with Crippen molar-refractivity contribution in [2.24, 2.45) is 0 Å². The van der Waals surface area contributed by atoms with Gasteiger partial charge in [0, 0.05) is 35.1 Å². The van der Waals surface area contributed by atoms with Gasteiger partial charge in [-0.15, -0.1) is 11.8 Å². The van der Waals surface area contributed by atoms with Crippen molar-refractivity contribution in [3.05, 3.63) is 89.2 Å². The van der Waals surface area contributed by atoms with E-state index in [0.29, 0.717) is 5.92 Å². The summed E-state index contributed by atoms with van der Waals surface area (Å²) in [6.45, 7) is 3.99. The summed E-state index contributed by atoms with van der Waals surface area (Å²) in [6, 6.07) is 22.5. The number of halogens is 1. The smallest absolute Gasteiger partial charge is 0.126 e. The third kappa shape index (κ3) is 4.81. The van der Waals surface area contributed by atoms with E-state index in [0.717, 1.165) is 54.9 Å². The molecule has 0 atom stereocenters. The summed E-state index contributed by atoms with van der Waals surface area (Å²) in [7, 11) is 0. The fourth-order valence-electron chi connectivity index (χ4n) is 4.22. The number of aryl methyl sites for hydroxylation is 1. The first-order chi connectivity index (χ1) is 14.6. The number of thioether (sulfide) groups is 1. The summed E-state index contributed by atoms with van der Waals surface area (Å²) < 4.78 is 14.6. The molecule has 4 rings (SSSR count). The van der Waals surface area contributed by atoms with Crippen molar-refractivity contribution >= 4 is 23.1 Å². The van der Waals surface area contributed by atoms with E-state index >= 15 is 0 Å². The maximum absolute atomic E-state index is 14.6. The Hall–Kier alpha value is -2.46. The van der Waals surface area contributed by atoms with Crippen molar-refractivity contribution in [2.45, 2.75) is 42.8 Å². The molecule has 1 aliphatic heterocycles. The zero-order chi connectivity index (χ0) is 20.9.